The number of carbonyl (C=O) groups excluding carboxylic acids is 3. The van der Waals surface area contributed by atoms with Gasteiger partial charge in [-0.05, 0) is 54.0 Å². The van der Waals surface area contributed by atoms with Crippen molar-refractivity contribution in [3.63, 3.8) is 0 Å². The molecule has 3 aromatic rings. The third kappa shape index (κ3) is 4.71. The zero-order valence-electron chi connectivity index (χ0n) is 18.4. The Morgan fingerprint density at radius 2 is 1.68 bits per heavy atom. The van der Waals surface area contributed by atoms with E-state index in [1.807, 2.05) is 31.2 Å². The molecule has 1 aliphatic rings. The van der Waals surface area contributed by atoms with Crippen LogP contribution in [0.2, 0.25) is 0 Å². The van der Waals surface area contributed by atoms with Gasteiger partial charge in [0.1, 0.15) is 17.9 Å². The fourth-order valence-electron chi connectivity index (χ4n) is 3.52. The molecule has 0 spiro atoms. The third-order valence-corrected chi connectivity index (χ3v) is 5.43. The van der Waals surface area contributed by atoms with Crippen molar-refractivity contribution < 1.29 is 19.1 Å². The average molecular weight is 451 g/mol. The first-order valence-electron chi connectivity index (χ1n) is 10.7. The molecule has 0 saturated carbocycles. The van der Waals surface area contributed by atoms with E-state index >= 15 is 0 Å². The summed E-state index contributed by atoms with van der Waals surface area (Å²) in [6, 6.07) is 22.4. The van der Waals surface area contributed by atoms with Gasteiger partial charge in [0, 0.05) is 5.56 Å². The minimum absolute atomic E-state index is 0.143. The highest BCUT2D eigenvalue weighted by atomic mass is 16.5. The lowest BCUT2D eigenvalue weighted by atomic mass is 10.1. The maximum Gasteiger partial charge on any atom is 0.335 e. The Labute approximate surface area is 196 Å². The van der Waals surface area contributed by atoms with Gasteiger partial charge in [-0.25, -0.2) is 9.69 Å². The average Bonchev–Trinajstić information content (AvgIpc) is 2.86. The van der Waals surface area contributed by atoms with E-state index in [1.54, 1.807) is 48.5 Å². The number of hydrogen-bond acceptors (Lipinski definition) is 5. The maximum absolute atomic E-state index is 13.0. The molecule has 4 amide bonds. The predicted octanol–water partition coefficient (Wildman–Crippen LogP) is 4.37. The Bertz CT molecular complexity index is 1320. The van der Waals surface area contributed by atoms with Gasteiger partial charge in [0.2, 0.25) is 0 Å². The molecule has 1 heterocycles. The molecule has 34 heavy (non-hydrogen) atoms. The molecule has 1 saturated heterocycles. The number of ether oxygens (including phenoxy) is 1. The van der Waals surface area contributed by atoms with Crippen LogP contribution in [-0.4, -0.2) is 17.8 Å². The predicted molar refractivity (Wildman–Crippen MR) is 127 cm³/mol. The number of nitriles is 1. The van der Waals surface area contributed by atoms with Crippen LogP contribution in [0.3, 0.4) is 0 Å². The van der Waals surface area contributed by atoms with Gasteiger partial charge in [0.05, 0.1) is 17.3 Å². The van der Waals surface area contributed by atoms with Crippen molar-refractivity contribution in [1.29, 1.82) is 5.26 Å². The highest BCUT2D eigenvalue weighted by Crippen LogP contribution is 2.23. The van der Waals surface area contributed by atoms with E-state index in [2.05, 4.69) is 11.4 Å². The lowest BCUT2D eigenvalue weighted by molar-refractivity contribution is -0.122. The molecule has 1 aliphatic heterocycles. The quantitative estimate of drug-likeness (QED) is 0.443. The zero-order chi connectivity index (χ0) is 24.1. The monoisotopic (exact) mass is 451 g/mol. The molecule has 4 rings (SSSR count). The summed E-state index contributed by atoms with van der Waals surface area (Å²) in [7, 11) is 0. The van der Waals surface area contributed by atoms with Gasteiger partial charge >= 0.3 is 6.03 Å². The van der Waals surface area contributed by atoms with Crippen LogP contribution >= 0.6 is 0 Å². The second kappa shape index (κ2) is 9.84. The molecule has 3 aromatic carbocycles. The van der Waals surface area contributed by atoms with Gasteiger partial charge in [-0.3, -0.25) is 14.9 Å². The Morgan fingerprint density at radius 1 is 0.971 bits per heavy atom. The first-order valence-corrected chi connectivity index (χ1v) is 10.7. The number of carbonyl (C=O) groups is 3. The van der Waals surface area contributed by atoms with Crippen molar-refractivity contribution in [3.05, 3.63) is 101 Å². The Balaban J connectivity index is 1.51. The molecule has 0 bridgehead atoms. The van der Waals surface area contributed by atoms with Crippen molar-refractivity contribution in [2.24, 2.45) is 0 Å². The van der Waals surface area contributed by atoms with Gasteiger partial charge < -0.3 is 4.74 Å². The van der Waals surface area contributed by atoms with Crippen molar-refractivity contribution >= 4 is 29.6 Å². The summed E-state index contributed by atoms with van der Waals surface area (Å²) in [5.41, 5.74) is 3.24. The lowest BCUT2D eigenvalue weighted by Crippen LogP contribution is -2.54. The number of imide groups is 2. The van der Waals surface area contributed by atoms with Crippen LogP contribution in [0.5, 0.6) is 5.75 Å². The van der Waals surface area contributed by atoms with E-state index in [0.29, 0.717) is 22.6 Å². The normalized spacial score (nSPS) is 14.6. The number of nitrogens with one attached hydrogen (secondary N) is 1. The first kappa shape index (κ1) is 22.5. The highest BCUT2D eigenvalue weighted by Gasteiger charge is 2.36. The molecule has 7 heteroatoms. The summed E-state index contributed by atoms with van der Waals surface area (Å²) in [5.74, 6) is -0.863. The Hall–Kier alpha value is -4.70. The molecule has 1 fully saturated rings. The minimum atomic E-state index is -0.780. The van der Waals surface area contributed by atoms with Crippen LogP contribution < -0.4 is 15.0 Å². The van der Waals surface area contributed by atoms with E-state index in [9.17, 15) is 19.6 Å². The molecule has 168 valence electrons. The van der Waals surface area contributed by atoms with Crippen molar-refractivity contribution in [2.75, 3.05) is 4.90 Å². The summed E-state index contributed by atoms with van der Waals surface area (Å²) < 4.78 is 5.76. The molecule has 1 N–H and O–H groups in total. The number of nitrogens with zero attached hydrogens (tertiary/aromatic N) is 2. The van der Waals surface area contributed by atoms with Gasteiger partial charge in [-0.1, -0.05) is 49.4 Å². The number of hydrogen-bond donors (Lipinski definition) is 1. The van der Waals surface area contributed by atoms with Crippen molar-refractivity contribution in [3.8, 4) is 11.8 Å². The van der Waals surface area contributed by atoms with Gasteiger partial charge in [-0.15, -0.1) is 0 Å². The van der Waals surface area contributed by atoms with Crippen LogP contribution in [0.15, 0.2) is 78.4 Å². The van der Waals surface area contributed by atoms with Gasteiger partial charge in [-0.2, -0.15) is 5.26 Å². The lowest BCUT2D eigenvalue weighted by Gasteiger charge is -2.26. The largest absolute Gasteiger partial charge is 0.489 e. The van der Waals surface area contributed by atoms with Gasteiger partial charge in [0.25, 0.3) is 11.8 Å². The molecule has 7 nitrogen and oxygen atoms in total. The fraction of sp³-hybridized carbons (Fsp3) is 0.111. The van der Waals surface area contributed by atoms with E-state index < -0.39 is 17.8 Å². The van der Waals surface area contributed by atoms with E-state index in [-0.39, 0.29) is 12.2 Å². The number of amides is 4. The summed E-state index contributed by atoms with van der Waals surface area (Å²) >= 11 is 0. The number of benzene rings is 3. The first-order chi connectivity index (χ1) is 16.5. The van der Waals surface area contributed by atoms with Crippen LogP contribution in [0.4, 0.5) is 10.5 Å². The molecule has 0 radical (unpaired) electrons. The summed E-state index contributed by atoms with van der Waals surface area (Å²) in [5, 5.41) is 11.4. The number of aryl methyl sites for hydroxylation is 1. The highest BCUT2D eigenvalue weighted by molar-refractivity contribution is 6.39. The summed E-state index contributed by atoms with van der Waals surface area (Å²) in [4.78, 5) is 38.7. The third-order valence-electron chi connectivity index (χ3n) is 5.43. The molecule has 0 aromatic heterocycles. The van der Waals surface area contributed by atoms with Crippen molar-refractivity contribution in [1.82, 2.24) is 5.32 Å². The number of anilines is 1. The van der Waals surface area contributed by atoms with E-state index in [1.165, 1.54) is 6.08 Å². The van der Waals surface area contributed by atoms with Crippen LogP contribution in [0, 0.1) is 11.3 Å². The topological polar surface area (TPSA) is 99.5 Å². The van der Waals surface area contributed by atoms with E-state index in [0.717, 1.165) is 22.4 Å². The van der Waals surface area contributed by atoms with Gasteiger partial charge in [0.15, 0.2) is 0 Å². The number of rotatable bonds is 6. The zero-order valence-corrected chi connectivity index (χ0v) is 18.4. The number of urea groups is 1. The van der Waals surface area contributed by atoms with Crippen LogP contribution in [0.1, 0.15) is 29.2 Å². The Morgan fingerprint density at radius 3 is 2.35 bits per heavy atom. The second-order valence-electron chi connectivity index (χ2n) is 7.60. The molecular weight excluding hydrogens is 430 g/mol. The molecule has 0 unspecified atom stereocenters. The smallest absolute Gasteiger partial charge is 0.335 e. The molecule has 0 aliphatic carbocycles. The van der Waals surface area contributed by atoms with E-state index in [4.69, 9.17) is 4.74 Å². The SMILES string of the molecule is CCc1ccc(N2C(=O)NC(=O)/C(=C/c3ccc(OCc4ccccc4C#N)cc3)C2=O)cc1. The standard InChI is InChI=1S/C27H21N3O4/c1-2-18-7-11-22(12-8-18)30-26(32)24(25(31)29-27(30)33)15-19-9-13-23(14-10-19)34-17-21-6-4-3-5-20(21)16-28/h3-15H,2,17H2,1H3,(H,29,31,33)/b24-15-. The second-order valence-corrected chi connectivity index (χ2v) is 7.60. The van der Waals surface area contributed by atoms with Crippen LogP contribution in [0.25, 0.3) is 6.08 Å². The summed E-state index contributed by atoms with van der Waals surface area (Å²) in [6.45, 7) is 2.24. The summed E-state index contributed by atoms with van der Waals surface area (Å²) in [6.07, 6.45) is 2.26. The fourth-order valence-corrected chi connectivity index (χ4v) is 3.52. The van der Waals surface area contributed by atoms with Crippen molar-refractivity contribution in [2.45, 2.75) is 20.0 Å². The van der Waals surface area contributed by atoms with Crippen LogP contribution in [-0.2, 0) is 22.6 Å². The Kier molecular flexibility index (Phi) is 6.51. The minimum Gasteiger partial charge on any atom is -0.489 e. The number of barbiturate groups is 1. The molecular formula is C27H21N3O4. The molecule has 0 atom stereocenters. The maximum atomic E-state index is 13.0.